The molecule has 5 nitrogen and oxygen atoms in total. The SMILES string of the molecule is CC1CCCC(OC(C)C(=O)N[C@@H](C)C(=O)N2CCCCC2)C1. The summed E-state index contributed by atoms with van der Waals surface area (Å²) in [6, 6.07) is -0.475. The first-order valence-electron chi connectivity index (χ1n) is 9.22. The van der Waals surface area contributed by atoms with Gasteiger partial charge in [-0.15, -0.1) is 0 Å². The van der Waals surface area contributed by atoms with Crippen molar-refractivity contribution in [3.05, 3.63) is 0 Å². The summed E-state index contributed by atoms with van der Waals surface area (Å²) in [6.45, 7) is 7.41. The monoisotopic (exact) mass is 324 g/mol. The van der Waals surface area contributed by atoms with E-state index in [1.54, 1.807) is 13.8 Å². The number of ether oxygens (including phenoxy) is 1. The van der Waals surface area contributed by atoms with Crippen LogP contribution in [0.25, 0.3) is 0 Å². The van der Waals surface area contributed by atoms with Crippen LogP contribution in [0.5, 0.6) is 0 Å². The molecule has 0 bridgehead atoms. The molecular weight excluding hydrogens is 292 g/mol. The number of nitrogens with one attached hydrogen (secondary N) is 1. The molecule has 0 spiro atoms. The van der Waals surface area contributed by atoms with E-state index in [9.17, 15) is 9.59 Å². The molecule has 2 aliphatic rings. The zero-order chi connectivity index (χ0) is 16.8. The Morgan fingerprint density at radius 3 is 2.43 bits per heavy atom. The molecule has 0 radical (unpaired) electrons. The standard InChI is InChI=1S/C18H32N2O3/c1-13-8-7-9-16(12-13)23-15(3)17(21)19-14(2)18(22)20-10-5-4-6-11-20/h13-16H,4-12H2,1-3H3,(H,19,21)/t13?,14-,15?,16?/m0/s1. The summed E-state index contributed by atoms with van der Waals surface area (Å²) in [5.41, 5.74) is 0. The van der Waals surface area contributed by atoms with Gasteiger partial charge >= 0.3 is 0 Å². The van der Waals surface area contributed by atoms with E-state index >= 15 is 0 Å². The first kappa shape index (κ1) is 18.2. The highest BCUT2D eigenvalue weighted by Crippen LogP contribution is 2.26. The number of nitrogens with zero attached hydrogens (tertiary/aromatic N) is 1. The van der Waals surface area contributed by atoms with Crippen LogP contribution in [0.1, 0.15) is 65.7 Å². The molecule has 5 heteroatoms. The van der Waals surface area contributed by atoms with Crippen molar-refractivity contribution in [1.82, 2.24) is 10.2 Å². The number of rotatable bonds is 5. The Bertz CT molecular complexity index is 407. The summed E-state index contributed by atoms with van der Waals surface area (Å²) >= 11 is 0. The van der Waals surface area contributed by atoms with Gasteiger partial charge in [0.2, 0.25) is 11.8 Å². The molecule has 2 fully saturated rings. The molecular formula is C18H32N2O3. The van der Waals surface area contributed by atoms with E-state index in [-0.39, 0.29) is 17.9 Å². The maximum Gasteiger partial charge on any atom is 0.249 e. The number of hydrogen-bond acceptors (Lipinski definition) is 3. The predicted molar refractivity (Wildman–Crippen MR) is 90.0 cm³/mol. The van der Waals surface area contributed by atoms with Gasteiger partial charge in [0.1, 0.15) is 12.1 Å². The van der Waals surface area contributed by atoms with Crippen molar-refractivity contribution in [1.29, 1.82) is 0 Å². The third-order valence-electron chi connectivity index (χ3n) is 5.05. The van der Waals surface area contributed by atoms with Gasteiger partial charge in [-0.3, -0.25) is 9.59 Å². The average Bonchev–Trinajstić information content (AvgIpc) is 2.54. The third-order valence-corrected chi connectivity index (χ3v) is 5.05. The number of piperidine rings is 1. The lowest BCUT2D eigenvalue weighted by atomic mass is 9.88. The van der Waals surface area contributed by atoms with Crippen molar-refractivity contribution in [2.24, 2.45) is 5.92 Å². The molecule has 1 heterocycles. The van der Waals surface area contributed by atoms with Crippen molar-refractivity contribution in [3.8, 4) is 0 Å². The van der Waals surface area contributed by atoms with E-state index in [1.807, 2.05) is 4.90 Å². The van der Waals surface area contributed by atoms with Crippen LogP contribution in [-0.4, -0.2) is 48.1 Å². The molecule has 132 valence electrons. The highest BCUT2D eigenvalue weighted by Gasteiger charge is 2.27. The number of amides is 2. The van der Waals surface area contributed by atoms with E-state index in [4.69, 9.17) is 4.74 Å². The third kappa shape index (κ3) is 5.48. The summed E-state index contributed by atoms with van der Waals surface area (Å²) in [5, 5.41) is 2.82. The van der Waals surface area contributed by atoms with Crippen LogP contribution in [0.2, 0.25) is 0 Å². The summed E-state index contributed by atoms with van der Waals surface area (Å²) in [5.74, 6) is 0.515. The minimum atomic E-state index is -0.498. The van der Waals surface area contributed by atoms with Crippen LogP contribution in [0, 0.1) is 5.92 Å². The second kappa shape index (κ2) is 8.67. The normalized spacial score (nSPS) is 28.0. The summed E-state index contributed by atoms with van der Waals surface area (Å²) < 4.78 is 5.91. The highest BCUT2D eigenvalue weighted by molar-refractivity contribution is 5.89. The van der Waals surface area contributed by atoms with Crippen LogP contribution >= 0.6 is 0 Å². The van der Waals surface area contributed by atoms with Crippen LogP contribution in [0.3, 0.4) is 0 Å². The lowest BCUT2D eigenvalue weighted by molar-refractivity contribution is -0.142. The number of hydrogen-bond donors (Lipinski definition) is 1. The molecule has 0 aromatic carbocycles. The predicted octanol–water partition coefficient (Wildman–Crippen LogP) is 2.49. The van der Waals surface area contributed by atoms with Crippen molar-refractivity contribution >= 4 is 11.8 Å². The van der Waals surface area contributed by atoms with Crippen molar-refractivity contribution in [2.45, 2.75) is 84.0 Å². The van der Waals surface area contributed by atoms with Crippen LogP contribution < -0.4 is 5.32 Å². The zero-order valence-electron chi connectivity index (χ0n) is 14.8. The molecule has 1 saturated carbocycles. The van der Waals surface area contributed by atoms with E-state index in [2.05, 4.69) is 12.2 Å². The maximum atomic E-state index is 12.4. The van der Waals surface area contributed by atoms with Gasteiger partial charge in [-0.05, 0) is 51.9 Å². The smallest absolute Gasteiger partial charge is 0.249 e. The molecule has 0 aromatic heterocycles. The van der Waals surface area contributed by atoms with Gasteiger partial charge < -0.3 is 15.0 Å². The molecule has 3 unspecified atom stereocenters. The Balaban J connectivity index is 1.76. The van der Waals surface area contributed by atoms with E-state index < -0.39 is 12.1 Å². The Hall–Kier alpha value is -1.10. The van der Waals surface area contributed by atoms with E-state index in [0.717, 1.165) is 38.8 Å². The Labute approximate surface area is 140 Å². The lowest BCUT2D eigenvalue weighted by Gasteiger charge is -2.31. The topological polar surface area (TPSA) is 58.6 Å². The zero-order valence-corrected chi connectivity index (χ0v) is 14.8. The van der Waals surface area contributed by atoms with E-state index in [0.29, 0.717) is 5.92 Å². The summed E-state index contributed by atoms with van der Waals surface area (Å²) in [6.07, 6.45) is 7.47. The first-order chi connectivity index (χ1) is 11.0. The van der Waals surface area contributed by atoms with Crippen LogP contribution in [0.4, 0.5) is 0 Å². The molecule has 2 rings (SSSR count). The van der Waals surface area contributed by atoms with Crippen LogP contribution in [-0.2, 0) is 14.3 Å². The van der Waals surface area contributed by atoms with Gasteiger partial charge in [-0.2, -0.15) is 0 Å². The minimum absolute atomic E-state index is 0.0246. The number of carbonyl (C=O) groups is 2. The molecule has 23 heavy (non-hydrogen) atoms. The maximum absolute atomic E-state index is 12.4. The van der Waals surface area contributed by atoms with Gasteiger partial charge in [-0.25, -0.2) is 0 Å². The largest absolute Gasteiger partial charge is 0.365 e. The minimum Gasteiger partial charge on any atom is -0.365 e. The molecule has 4 atom stereocenters. The first-order valence-corrected chi connectivity index (χ1v) is 9.22. The quantitative estimate of drug-likeness (QED) is 0.845. The molecule has 1 aliphatic carbocycles. The van der Waals surface area contributed by atoms with Crippen molar-refractivity contribution < 1.29 is 14.3 Å². The van der Waals surface area contributed by atoms with Crippen molar-refractivity contribution in [3.63, 3.8) is 0 Å². The van der Waals surface area contributed by atoms with Gasteiger partial charge in [0.15, 0.2) is 0 Å². The lowest BCUT2D eigenvalue weighted by Crippen LogP contribution is -2.51. The van der Waals surface area contributed by atoms with Gasteiger partial charge in [0, 0.05) is 13.1 Å². The molecule has 1 N–H and O–H groups in total. The average molecular weight is 324 g/mol. The second-order valence-corrected chi connectivity index (χ2v) is 7.29. The van der Waals surface area contributed by atoms with Gasteiger partial charge in [0.05, 0.1) is 6.10 Å². The van der Waals surface area contributed by atoms with Crippen LogP contribution in [0.15, 0.2) is 0 Å². The number of likely N-dealkylation sites (tertiary alicyclic amines) is 1. The second-order valence-electron chi connectivity index (χ2n) is 7.29. The molecule has 1 aliphatic heterocycles. The van der Waals surface area contributed by atoms with Gasteiger partial charge in [0.25, 0.3) is 0 Å². The Morgan fingerprint density at radius 2 is 1.78 bits per heavy atom. The van der Waals surface area contributed by atoms with Gasteiger partial charge in [-0.1, -0.05) is 19.8 Å². The Morgan fingerprint density at radius 1 is 1.09 bits per heavy atom. The molecule has 2 amide bonds. The fraction of sp³-hybridized carbons (Fsp3) is 0.889. The number of carbonyl (C=O) groups excluding carboxylic acids is 2. The van der Waals surface area contributed by atoms with Crippen molar-refractivity contribution in [2.75, 3.05) is 13.1 Å². The fourth-order valence-electron chi connectivity index (χ4n) is 3.63. The molecule has 0 aromatic rings. The highest BCUT2D eigenvalue weighted by atomic mass is 16.5. The fourth-order valence-corrected chi connectivity index (χ4v) is 3.63. The Kier molecular flexibility index (Phi) is 6.88. The van der Waals surface area contributed by atoms with E-state index in [1.165, 1.54) is 19.3 Å². The molecule has 1 saturated heterocycles. The summed E-state index contributed by atoms with van der Waals surface area (Å²) in [4.78, 5) is 26.5. The summed E-state index contributed by atoms with van der Waals surface area (Å²) in [7, 11) is 0.